The van der Waals surface area contributed by atoms with E-state index in [1.165, 1.54) is 0 Å². The number of hydroxylamine groups is 2. The molecule has 1 atom stereocenters. The van der Waals surface area contributed by atoms with E-state index in [0.29, 0.717) is 0 Å². The van der Waals surface area contributed by atoms with E-state index in [9.17, 15) is 27.6 Å². The van der Waals surface area contributed by atoms with Crippen molar-refractivity contribution in [1.29, 1.82) is 0 Å². The summed E-state index contributed by atoms with van der Waals surface area (Å²) in [5, 5.41) is 0.0427. The first-order valence-electron chi connectivity index (χ1n) is 4.91. The molecule has 0 spiro atoms. The molecule has 0 aromatic rings. The number of carbonyl (C=O) groups excluding carboxylic acids is 4. The molecule has 1 unspecified atom stereocenters. The lowest BCUT2D eigenvalue weighted by Crippen LogP contribution is -2.39. The van der Waals surface area contributed by atoms with E-state index < -0.39 is 52.0 Å². The monoisotopic (exact) mass is 294 g/mol. The van der Waals surface area contributed by atoms with Crippen LogP contribution in [-0.2, 0) is 34.1 Å². The van der Waals surface area contributed by atoms with Gasteiger partial charge in [0.15, 0.2) is 5.25 Å². The highest BCUT2D eigenvalue weighted by molar-refractivity contribution is 7.87. The number of amides is 3. The number of rotatable bonds is 4. The second kappa shape index (κ2) is 5.32. The molecule has 1 aliphatic heterocycles. The summed E-state index contributed by atoms with van der Waals surface area (Å²) in [5.41, 5.74) is 0. The largest absolute Gasteiger partial charge is 0.352 e. The molecule has 2 N–H and O–H groups in total. The Kier molecular flexibility index (Phi) is 4.21. The van der Waals surface area contributed by atoms with Crippen LogP contribution in [0.25, 0.3) is 0 Å². The zero-order chi connectivity index (χ0) is 14.8. The van der Waals surface area contributed by atoms with Crippen molar-refractivity contribution in [3.05, 3.63) is 0 Å². The van der Waals surface area contributed by atoms with Crippen LogP contribution in [0.2, 0.25) is 0 Å². The fourth-order valence-electron chi connectivity index (χ4n) is 1.24. The number of nitrogens with zero attached hydrogens (tertiary/aromatic N) is 1. The summed E-state index contributed by atoms with van der Waals surface area (Å²) in [6.07, 6.45) is -0.814. The maximum absolute atomic E-state index is 11.4. The Bertz CT molecular complexity index is 539. The minimum atomic E-state index is -4.75. The van der Waals surface area contributed by atoms with E-state index >= 15 is 0 Å². The van der Waals surface area contributed by atoms with Gasteiger partial charge in [-0.05, 0) is 0 Å². The summed E-state index contributed by atoms with van der Waals surface area (Å²) in [6, 6.07) is 0. The summed E-state index contributed by atoms with van der Waals surface area (Å²) in [6.45, 7) is 0.538. The second-order valence-electron chi connectivity index (χ2n) is 3.61. The summed E-state index contributed by atoms with van der Waals surface area (Å²) in [5.74, 6) is -4.10. The molecule has 3 amide bonds. The van der Waals surface area contributed by atoms with Crippen LogP contribution in [0, 0.1) is 0 Å². The average molecular weight is 294 g/mol. The topological polar surface area (TPSA) is 147 Å². The summed E-state index contributed by atoms with van der Waals surface area (Å²) < 4.78 is 30.3. The van der Waals surface area contributed by atoms with Crippen LogP contribution in [0.1, 0.15) is 13.3 Å². The molecule has 1 fully saturated rings. The standard InChI is InChI=1S/C8H10N2O8S/c1-4(11)9-3-7(13)18-10-6(12)2-5(8(10)14)19(15,16)17/h5H,2-3H2,1H3,(H,9,11)(H,15,16,17). The SMILES string of the molecule is CC(=O)NCC(=O)ON1C(=O)CC(S(=O)(=O)O)C1=O. The van der Waals surface area contributed by atoms with Gasteiger partial charge in [-0.15, -0.1) is 5.06 Å². The third-order valence-electron chi connectivity index (χ3n) is 2.10. The van der Waals surface area contributed by atoms with Crippen LogP contribution < -0.4 is 5.32 Å². The summed E-state index contributed by atoms with van der Waals surface area (Å²) >= 11 is 0. The molecular weight excluding hydrogens is 284 g/mol. The van der Waals surface area contributed by atoms with Gasteiger partial charge in [-0.1, -0.05) is 0 Å². The molecule has 19 heavy (non-hydrogen) atoms. The highest BCUT2D eigenvalue weighted by atomic mass is 32.2. The molecule has 0 aromatic carbocycles. The van der Waals surface area contributed by atoms with Gasteiger partial charge in [0.1, 0.15) is 6.54 Å². The smallest absolute Gasteiger partial charge is 0.345 e. The van der Waals surface area contributed by atoms with Crippen LogP contribution in [0.3, 0.4) is 0 Å². The van der Waals surface area contributed by atoms with E-state index in [0.717, 1.165) is 6.92 Å². The van der Waals surface area contributed by atoms with Crippen molar-refractivity contribution in [2.75, 3.05) is 6.54 Å². The second-order valence-corrected chi connectivity index (χ2v) is 5.21. The van der Waals surface area contributed by atoms with Gasteiger partial charge in [-0.25, -0.2) is 4.79 Å². The quantitative estimate of drug-likeness (QED) is 0.430. The number of carbonyl (C=O) groups is 4. The van der Waals surface area contributed by atoms with Crippen molar-refractivity contribution in [2.45, 2.75) is 18.6 Å². The number of hydrogen-bond donors (Lipinski definition) is 2. The van der Waals surface area contributed by atoms with E-state index in [1.807, 2.05) is 0 Å². The van der Waals surface area contributed by atoms with Crippen molar-refractivity contribution < 1.29 is 37.0 Å². The fraction of sp³-hybridized carbons (Fsp3) is 0.500. The van der Waals surface area contributed by atoms with Crippen LogP contribution in [0.15, 0.2) is 0 Å². The van der Waals surface area contributed by atoms with Gasteiger partial charge in [0.25, 0.3) is 21.9 Å². The Morgan fingerprint density at radius 2 is 2.05 bits per heavy atom. The molecule has 0 radical (unpaired) electrons. The Labute approximate surface area is 107 Å². The van der Waals surface area contributed by atoms with Gasteiger partial charge < -0.3 is 10.2 Å². The van der Waals surface area contributed by atoms with Crippen LogP contribution in [0.5, 0.6) is 0 Å². The highest BCUT2D eigenvalue weighted by Crippen LogP contribution is 2.19. The molecule has 0 aliphatic carbocycles. The molecule has 1 heterocycles. The molecule has 106 valence electrons. The predicted molar refractivity (Wildman–Crippen MR) is 56.6 cm³/mol. The van der Waals surface area contributed by atoms with Crippen LogP contribution in [0.4, 0.5) is 0 Å². The molecule has 0 saturated carbocycles. The Balaban J connectivity index is 2.70. The molecule has 0 aromatic heterocycles. The lowest BCUT2D eigenvalue weighted by molar-refractivity contribution is -0.196. The van der Waals surface area contributed by atoms with Gasteiger partial charge in [0, 0.05) is 6.92 Å². The van der Waals surface area contributed by atoms with Crippen LogP contribution in [-0.4, -0.2) is 53.5 Å². The summed E-state index contributed by atoms with van der Waals surface area (Å²) in [4.78, 5) is 48.7. The van der Waals surface area contributed by atoms with E-state index in [-0.39, 0.29) is 5.06 Å². The first kappa shape index (κ1) is 15.0. The molecule has 10 nitrogen and oxygen atoms in total. The number of imide groups is 1. The first-order valence-corrected chi connectivity index (χ1v) is 6.41. The zero-order valence-corrected chi connectivity index (χ0v) is 10.5. The average Bonchev–Trinajstić information content (AvgIpc) is 2.54. The van der Waals surface area contributed by atoms with Crippen molar-refractivity contribution in [2.24, 2.45) is 0 Å². The van der Waals surface area contributed by atoms with E-state index in [4.69, 9.17) is 4.55 Å². The van der Waals surface area contributed by atoms with Crippen molar-refractivity contribution in [3.8, 4) is 0 Å². The third kappa shape index (κ3) is 3.72. The minimum absolute atomic E-state index is 0.0391. The minimum Gasteiger partial charge on any atom is -0.345 e. The molecule has 1 rings (SSSR count). The predicted octanol–water partition coefficient (Wildman–Crippen LogP) is -2.40. The Hall–Kier alpha value is -2.01. The Morgan fingerprint density at radius 3 is 2.47 bits per heavy atom. The maximum atomic E-state index is 11.4. The van der Waals surface area contributed by atoms with Crippen molar-refractivity contribution >= 4 is 33.8 Å². The normalized spacial score (nSPS) is 19.5. The van der Waals surface area contributed by atoms with Gasteiger partial charge in [0.05, 0.1) is 6.42 Å². The maximum Gasteiger partial charge on any atom is 0.352 e. The lowest BCUT2D eigenvalue weighted by atomic mass is 10.4. The molecular formula is C8H10N2O8S. The van der Waals surface area contributed by atoms with Gasteiger partial charge in [0.2, 0.25) is 5.91 Å². The Morgan fingerprint density at radius 1 is 1.47 bits per heavy atom. The van der Waals surface area contributed by atoms with Crippen molar-refractivity contribution in [1.82, 2.24) is 10.4 Å². The van der Waals surface area contributed by atoms with E-state index in [1.54, 1.807) is 0 Å². The van der Waals surface area contributed by atoms with E-state index in [2.05, 4.69) is 10.2 Å². The van der Waals surface area contributed by atoms with Crippen LogP contribution >= 0.6 is 0 Å². The lowest BCUT2D eigenvalue weighted by Gasteiger charge is -2.13. The molecule has 0 bridgehead atoms. The zero-order valence-electron chi connectivity index (χ0n) is 9.65. The molecule has 11 heteroatoms. The molecule has 1 aliphatic rings. The molecule has 1 saturated heterocycles. The highest BCUT2D eigenvalue weighted by Gasteiger charge is 2.48. The third-order valence-corrected chi connectivity index (χ3v) is 3.18. The fourth-order valence-corrected chi connectivity index (χ4v) is 1.95. The van der Waals surface area contributed by atoms with Gasteiger partial charge in [-0.3, -0.25) is 18.9 Å². The van der Waals surface area contributed by atoms with Crippen molar-refractivity contribution in [3.63, 3.8) is 0 Å². The first-order chi connectivity index (χ1) is 8.62. The number of nitrogens with one attached hydrogen (secondary N) is 1. The van der Waals surface area contributed by atoms with Gasteiger partial charge in [-0.2, -0.15) is 8.42 Å². The summed E-state index contributed by atoms with van der Waals surface area (Å²) in [7, 11) is -4.75. The van der Waals surface area contributed by atoms with Gasteiger partial charge >= 0.3 is 5.97 Å². The number of hydrogen-bond acceptors (Lipinski definition) is 7.